The number of esters is 1. The fraction of sp³-hybridized carbons (Fsp3) is 0.515. The smallest absolute Gasteiger partial charge is 0.345 e. The summed E-state index contributed by atoms with van der Waals surface area (Å²) < 4.78 is 5.59. The number of rotatable bonds is 18. The van der Waals surface area contributed by atoms with Crippen LogP contribution in [-0.2, 0) is 9.53 Å². The Morgan fingerprint density at radius 2 is 1.11 bits per heavy atom. The van der Waals surface area contributed by atoms with Gasteiger partial charge >= 0.3 is 11.9 Å². The van der Waals surface area contributed by atoms with Crippen LogP contribution in [0.2, 0.25) is 0 Å². The van der Waals surface area contributed by atoms with Crippen molar-refractivity contribution in [2.75, 3.05) is 0 Å². The van der Waals surface area contributed by atoms with E-state index in [-0.39, 0.29) is 0 Å². The van der Waals surface area contributed by atoms with Gasteiger partial charge in [0.2, 0.25) is 0 Å². The highest BCUT2D eigenvalue weighted by molar-refractivity contribution is 6.16. The minimum Gasteiger partial charge on any atom is -0.479 e. The molecule has 200 valence electrons. The van der Waals surface area contributed by atoms with Crippen molar-refractivity contribution in [1.29, 1.82) is 0 Å². The molecular formula is C33H44O4. The number of hydrogen-bond acceptors (Lipinski definition) is 3. The van der Waals surface area contributed by atoms with E-state index in [9.17, 15) is 14.7 Å². The second kappa shape index (κ2) is 16.1. The van der Waals surface area contributed by atoms with Crippen molar-refractivity contribution >= 4 is 33.5 Å². The standard InChI is InChI=1S/C33H44O4/c1-2-3-4-5-6-7-8-9-10-11-12-13-14-15-24-30(32(34)35)37-33(36)31-28-22-18-16-20-26(28)25-27-21-17-19-23-29(27)31/h16-23,25,30H,2-15,24H2,1H3,(H,34,35)/t30-/m1/s1. The average Bonchev–Trinajstić information content (AvgIpc) is 2.90. The van der Waals surface area contributed by atoms with Gasteiger partial charge < -0.3 is 9.84 Å². The molecule has 0 aliphatic heterocycles. The number of carboxylic acid groups (broad SMARTS) is 1. The van der Waals surface area contributed by atoms with E-state index in [0.717, 1.165) is 40.8 Å². The van der Waals surface area contributed by atoms with Crippen LogP contribution in [0.1, 0.15) is 114 Å². The van der Waals surface area contributed by atoms with E-state index in [0.29, 0.717) is 12.0 Å². The van der Waals surface area contributed by atoms with Crippen molar-refractivity contribution in [3.63, 3.8) is 0 Å². The molecule has 0 fully saturated rings. The van der Waals surface area contributed by atoms with Gasteiger partial charge in [-0.15, -0.1) is 0 Å². The van der Waals surface area contributed by atoms with Crippen molar-refractivity contribution in [1.82, 2.24) is 0 Å². The van der Waals surface area contributed by atoms with Crippen LogP contribution in [0.15, 0.2) is 54.6 Å². The van der Waals surface area contributed by atoms with Gasteiger partial charge in [-0.3, -0.25) is 0 Å². The molecule has 37 heavy (non-hydrogen) atoms. The maximum atomic E-state index is 13.2. The summed E-state index contributed by atoms with van der Waals surface area (Å²) in [5, 5.41) is 13.2. The Morgan fingerprint density at radius 3 is 1.57 bits per heavy atom. The molecule has 0 heterocycles. The number of fused-ring (bicyclic) bond motifs is 2. The molecule has 1 N–H and O–H groups in total. The van der Waals surface area contributed by atoms with Gasteiger partial charge in [0, 0.05) is 0 Å². The maximum absolute atomic E-state index is 13.2. The first-order valence-electron chi connectivity index (χ1n) is 14.5. The van der Waals surface area contributed by atoms with Gasteiger partial charge in [0.1, 0.15) is 0 Å². The molecule has 0 bridgehead atoms. The van der Waals surface area contributed by atoms with Crippen LogP contribution >= 0.6 is 0 Å². The average molecular weight is 505 g/mol. The predicted octanol–water partition coefficient (Wildman–Crippen LogP) is 9.47. The van der Waals surface area contributed by atoms with E-state index in [4.69, 9.17) is 4.74 Å². The summed E-state index contributed by atoms with van der Waals surface area (Å²) in [7, 11) is 0. The lowest BCUT2D eigenvalue weighted by molar-refractivity contribution is -0.147. The lowest BCUT2D eigenvalue weighted by Crippen LogP contribution is -2.27. The van der Waals surface area contributed by atoms with Gasteiger partial charge in [0.05, 0.1) is 5.56 Å². The molecule has 0 radical (unpaired) electrons. The van der Waals surface area contributed by atoms with Crippen LogP contribution in [0.3, 0.4) is 0 Å². The number of unbranched alkanes of at least 4 members (excludes halogenated alkanes) is 13. The van der Waals surface area contributed by atoms with Crippen molar-refractivity contribution in [3.05, 3.63) is 60.2 Å². The first-order chi connectivity index (χ1) is 18.1. The van der Waals surface area contributed by atoms with Gasteiger partial charge in [-0.25, -0.2) is 9.59 Å². The van der Waals surface area contributed by atoms with Crippen LogP contribution in [0.5, 0.6) is 0 Å². The van der Waals surface area contributed by atoms with Crippen molar-refractivity contribution in [3.8, 4) is 0 Å². The molecule has 0 saturated carbocycles. The Kier molecular flexibility index (Phi) is 12.5. The van der Waals surface area contributed by atoms with E-state index in [1.807, 2.05) is 54.6 Å². The maximum Gasteiger partial charge on any atom is 0.345 e. The highest BCUT2D eigenvalue weighted by Crippen LogP contribution is 2.29. The first kappa shape index (κ1) is 28.7. The molecule has 0 aliphatic rings. The normalized spacial score (nSPS) is 12.1. The lowest BCUT2D eigenvalue weighted by atomic mass is 9.97. The summed E-state index contributed by atoms with van der Waals surface area (Å²) in [6, 6.07) is 17.4. The van der Waals surface area contributed by atoms with Crippen LogP contribution in [0.25, 0.3) is 21.5 Å². The third-order valence-electron chi connectivity index (χ3n) is 7.32. The highest BCUT2D eigenvalue weighted by Gasteiger charge is 2.25. The van der Waals surface area contributed by atoms with E-state index in [2.05, 4.69) is 6.92 Å². The van der Waals surface area contributed by atoms with Gasteiger partial charge in [0.25, 0.3) is 0 Å². The van der Waals surface area contributed by atoms with Gasteiger partial charge in [-0.1, -0.05) is 139 Å². The zero-order chi connectivity index (χ0) is 26.3. The van der Waals surface area contributed by atoms with Gasteiger partial charge in [0.15, 0.2) is 6.10 Å². The molecule has 4 nitrogen and oxygen atoms in total. The van der Waals surface area contributed by atoms with E-state index in [1.54, 1.807) is 0 Å². The van der Waals surface area contributed by atoms with Crippen LogP contribution in [0, 0.1) is 0 Å². The zero-order valence-electron chi connectivity index (χ0n) is 22.6. The number of ether oxygens (including phenoxy) is 1. The number of carboxylic acids is 1. The summed E-state index contributed by atoms with van der Waals surface area (Å²) in [5.74, 6) is -1.64. The number of carbonyl (C=O) groups excluding carboxylic acids is 1. The molecule has 0 spiro atoms. The van der Waals surface area contributed by atoms with E-state index < -0.39 is 18.0 Å². The number of aliphatic carboxylic acids is 1. The zero-order valence-corrected chi connectivity index (χ0v) is 22.6. The van der Waals surface area contributed by atoms with Crippen LogP contribution in [-0.4, -0.2) is 23.1 Å². The molecule has 0 unspecified atom stereocenters. The first-order valence-corrected chi connectivity index (χ1v) is 14.5. The molecule has 0 saturated heterocycles. The Hall–Kier alpha value is -2.88. The summed E-state index contributed by atoms with van der Waals surface area (Å²) in [6.45, 7) is 2.26. The second-order valence-electron chi connectivity index (χ2n) is 10.3. The fourth-order valence-electron chi connectivity index (χ4n) is 5.18. The second-order valence-corrected chi connectivity index (χ2v) is 10.3. The molecule has 3 rings (SSSR count). The fourth-order valence-corrected chi connectivity index (χ4v) is 5.18. The summed E-state index contributed by atoms with van der Waals surface area (Å²) in [4.78, 5) is 25.1. The molecule has 3 aromatic carbocycles. The predicted molar refractivity (Wildman–Crippen MR) is 153 cm³/mol. The van der Waals surface area contributed by atoms with E-state index in [1.165, 1.54) is 70.6 Å². The molecule has 0 aromatic heterocycles. The summed E-state index contributed by atoms with van der Waals surface area (Å²) in [5.41, 5.74) is 0.445. The Bertz CT molecular complexity index is 1070. The highest BCUT2D eigenvalue weighted by atomic mass is 16.6. The minimum absolute atomic E-state index is 0.349. The number of hydrogen-bond donors (Lipinski definition) is 1. The molecule has 3 aromatic rings. The summed E-state index contributed by atoms with van der Waals surface area (Å²) in [6.07, 6.45) is 16.7. The lowest BCUT2D eigenvalue weighted by Gasteiger charge is -2.16. The van der Waals surface area contributed by atoms with Gasteiger partial charge in [-0.05, 0) is 40.5 Å². The Balaban J connectivity index is 1.40. The Morgan fingerprint density at radius 1 is 0.676 bits per heavy atom. The number of carbonyl (C=O) groups is 2. The van der Waals surface area contributed by atoms with Crippen LogP contribution < -0.4 is 0 Å². The van der Waals surface area contributed by atoms with Gasteiger partial charge in [-0.2, -0.15) is 0 Å². The van der Waals surface area contributed by atoms with E-state index >= 15 is 0 Å². The quantitative estimate of drug-likeness (QED) is 0.106. The monoisotopic (exact) mass is 504 g/mol. The summed E-state index contributed by atoms with van der Waals surface area (Å²) >= 11 is 0. The molecular weight excluding hydrogens is 460 g/mol. The molecule has 0 aliphatic carbocycles. The minimum atomic E-state index is -1.12. The third kappa shape index (κ3) is 9.18. The third-order valence-corrected chi connectivity index (χ3v) is 7.32. The van der Waals surface area contributed by atoms with Crippen LogP contribution in [0.4, 0.5) is 0 Å². The van der Waals surface area contributed by atoms with Crippen molar-refractivity contribution in [2.24, 2.45) is 0 Å². The Labute approximate surface area is 222 Å². The largest absolute Gasteiger partial charge is 0.479 e. The number of benzene rings is 3. The molecule has 1 atom stereocenters. The topological polar surface area (TPSA) is 63.6 Å². The SMILES string of the molecule is CCCCCCCCCCCCCCCC[C@@H](OC(=O)c1c2ccccc2cc2ccccc12)C(=O)O. The van der Waals surface area contributed by atoms with Crippen molar-refractivity contribution in [2.45, 2.75) is 109 Å². The van der Waals surface area contributed by atoms with Crippen molar-refractivity contribution < 1.29 is 19.4 Å². The molecule has 0 amide bonds. The molecule has 4 heteroatoms.